The topological polar surface area (TPSA) is 3.24 Å². The van der Waals surface area contributed by atoms with Crippen molar-refractivity contribution in [2.24, 2.45) is 0 Å². The zero-order valence-electron chi connectivity index (χ0n) is 8.09. The van der Waals surface area contributed by atoms with Gasteiger partial charge in [-0.3, -0.25) is 0 Å². The first kappa shape index (κ1) is 9.46. The van der Waals surface area contributed by atoms with Gasteiger partial charge in [-0.1, -0.05) is 6.07 Å². The van der Waals surface area contributed by atoms with Crippen LogP contribution in [0.2, 0.25) is 0 Å². The lowest BCUT2D eigenvalue weighted by molar-refractivity contribution is 1.11. The molecule has 1 nitrogen and oxygen atoms in total. The third-order valence-corrected chi connectivity index (χ3v) is 2.79. The molecule has 1 aromatic carbocycles. The van der Waals surface area contributed by atoms with Gasteiger partial charge in [0.1, 0.15) is 0 Å². The van der Waals surface area contributed by atoms with Gasteiger partial charge in [0.2, 0.25) is 0 Å². The second kappa shape index (κ2) is 3.85. The molecule has 0 amide bonds. The van der Waals surface area contributed by atoms with E-state index in [1.807, 2.05) is 0 Å². The van der Waals surface area contributed by atoms with Crippen LogP contribution in [0.3, 0.4) is 0 Å². The molecule has 0 radical (unpaired) electrons. The molecule has 0 unspecified atom stereocenters. The summed E-state index contributed by atoms with van der Waals surface area (Å²) in [5.41, 5.74) is 2.62. The Bertz CT molecular complexity index is 269. The van der Waals surface area contributed by atoms with Crippen LogP contribution >= 0.6 is 11.8 Å². The van der Waals surface area contributed by atoms with E-state index in [1.165, 1.54) is 16.1 Å². The fourth-order valence-electron chi connectivity index (χ4n) is 1.09. The molecule has 0 aromatic heterocycles. The molecule has 0 spiro atoms. The lowest BCUT2D eigenvalue weighted by Gasteiger charge is -2.14. The SMILES string of the molecule is CSc1cc(N(C)C)ccc1C. The number of hydrogen-bond acceptors (Lipinski definition) is 2. The summed E-state index contributed by atoms with van der Waals surface area (Å²) in [5.74, 6) is 0. The average Bonchev–Trinajstić information content (AvgIpc) is 2.05. The Balaban J connectivity index is 3.05. The molecule has 0 N–H and O–H groups in total. The van der Waals surface area contributed by atoms with Gasteiger partial charge in [0.15, 0.2) is 0 Å². The average molecular weight is 181 g/mol. The molecule has 0 bridgehead atoms. The monoisotopic (exact) mass is 181 g/mol. The first-order valence-corrected chi connectivity index (χ1v) is 5.19. The largest absolute Gasteiger partial charge is 0.378 e. The maximum absolute atomic E-state index is 2.22. The normalized spacial score (nSPS) is 10.0. The van der Waals surface area contributed by atoms with Gasteiger partial charge in [-0.05, 0) is 30.9 Å². The molecular formula is C10H15NS. The van der Waals surface area contributed by atoms with Crippen LogP contribution in [0, 0.1) is 6.92 Å². The molecule has 0 aliphatic carbocycles. The van der Waals surface area contributed by atoms with E-state index in [0.29, 0.717) is 0 Å². The molecule has 66 valence electrons. The van der Waals surface area contributed by atoms with Crippen molar-refractivity contribution in [2.75, 3.05) is 25.3 Å². The van der Waals surface area contributed by atoms with Gasteiger partial charge in [0.25, 0.3) is 0 Å². The second-order valence-corrected chi connectivity index (χ2v) is 3.90. The lowest BCUT2D eigenvalue weighted by atomic mass is 10.2. The maximum Gasteiger partial charge on any atom is 0.0372 e. The molecule has 1 rings (SSSR count). The van der Waals surface area contributed by atoms with Gasteiger partial charge in [0.05, 0.1) is 0 Å². The van der Waals surface area contributed by atoms with Crippen LogP contribution in [0.15, 0.2) is 23.1 Å². The summed E-state index contributed by atoms with van der Waals surface area (Å²) in [5, 5.41) is 0. The number of anilines is 1. The maximum atomic E-state index is 2.22. The zero-order chi connectivity index (χ0) is 9.14. The fraction of sp³-hybridized carbons (Fsp3) is 0.400. The standard InChI is InChI=1S/C10H15NS/c1-8-5-6-9(11(2)3)7-10(8)12-4/h5-7H,1-4H3. The van der Waals surface area contributed by atoms with Crippen LogP contribution in [0.25, 0.3) is 0 Å². The van der Waals surface area contributed by atoms with Crippen LogP contribution in [-0.4, -0.2) is 20.4 Å². The van der Waals surface area contributed by atoms with E-state index in [4.69, 9.17) is 0 Å². The summed E-state index contributed by atoms with van der Waals surface area (Å²) in [6, 6.07) is 6.54. The molecule has 0 aliphatic rings. The molecule has 2 heteroatoms. The van der Waals surface area contributed by atoms with Gasteiger partial charge in [0, 0.05) is 24.7 Å². The van der Waals surface area contributed by atoms with Crippen LogP contribution in [0.5, 0.6) is 0 Å². The lowest BCUT2D eigenvalue weighted by Crippen LogP contribution is -2.08. The highest BCUT2D eigenvalue weighted by atomic mass is 32.2. The van der Waals surface area contributed by atoms with Crippen molar-refractivity contribution in [3.8, 4) is 0 Å². The van der Waals surface area contributed by atoms with Crippen LogP contribution in [0.1, 0.15) is 5.56 Å². The molecule has 0 saturated carbocycles. The van der Waals surface area contributed by atoms with Crippen molar-refractivity contribution in [1.82, 2.24) is 0 Å². The quantitative estimate of drug-likeness (QED) is 0.645. The molecule has 1 aromatic rings. The molecule has 0 fully saturated rings. The van der Waals surface area contributed by atoms with E-state index >= 15 is 0 Å². The summed E-state index contributed by atoms with van der Waals surface area (Å²) >= 11 is 1.80. The molecule has 12 heavy (non-hydrogen) atoms. The third-order valence-electron chi connectivity index (χ3n) is 1.91. The van der Waals surface area contributed by atoms with Crippen molar-refractivity contribution < 1.29 is 0 Å². The third kappa shape index (κ3) is 1.95. The highest BCUT2D eigenvalue weighted by Gasteiger charge is 1.99. The molecule has 0 aliphatic heterocycles. The minimum absolute atomic E-state index is 1.27. The highest BCUT2D eigenvalue weighted by Crippen LogP contribution is 2.24. The van der Waals surface area contributed by atoms with Crippen molar-refractivity contribution in [1.29, 1.82) is 0 Å². The Morgan fingerprint density at radius 2 is 1.92 bits per heavy atom. The molecule has 0 heterocycles. The Hall–Kier alpha value is -0.630. The Morgan fingerprint density at radius 1 is 1.25 bits per heavy atom. The van der Waals surface area contributed by atoms with Gasteiger partial charge >= 0.3 is 0 Å². The summed E-state index contributed by atoms with van der Waals surface area (Å²) in [6.07, 6.45) is 2.11. The van der Waals surface area contributed by atoms with Crippen molar-refractivity contribution in [3.63, 3.8) is 0 Å². The summed E-state index contributed by atoms with van der Waals surface area (Å²) < 4.78 is 0. The number of rotatable bonds is 2. The van der Waals surface area contributed by atoms with Crippen LogP contribution in [0.4, 0.5) is 5.69 Å². The predicted octanol–water partition coefficient (Wildman–Crippen LogP) is 2.78. The number of nitrogens with zero attached hydrogens (tertiary/aromatic N) is 1. The van der Waals surface area contributed by atoms with Gasteiger partial charge in [-0.15, -0.1) is 11.8 Å². The van der Waals surface area contributed by atoms with Crippen molar-refractivity contribution in [3.05, 3.63) is 23.8 Å². The van der Waals surface area contributed by atoms with Crippen molar-refractivity contribution >= 4 is 17.4 Å². The number of benzene rings is 1. The minimum Gasteiger partial charge on any atom is -0.378 e. The molecule has 0 saturated heterocycles. The van der Waals surface area contributed by atoms with Gasteiger partial charge < -0.3 is 4.90 Å². The first-order valence-electron chi connectivity index (χ1n) is 3.97. The van der Waals surface area contributed by atoms with E-state index in [1.54, 1.807) is 11.8 Å². The van der Waals surface area contributed by atoms with Crippen molar-refractivity contribution in [2.45, 2.75) is 11.8 Å². The van der Waals surface area contributed by atoms with E-state index < -0.39 is 0 Å². The predicted molar refractivity (Wildman–Crippen MR) is 57.3 cm³/mol. The van der Waals surface area contributed by atoms with Crippen LogP contribution < -0.4 is 4.90 Å². The van der Waals surface area contributed by atoms with E-state index in [-0.39, 0.29) is 0 Å². The number of aryl methyl sites for hydroxylation is 1. The smallest absolute Gasteiger partial charge is 0.0372 e. The van der Waals surface area contributed by atoms with E-state index in [2.05, 4.69) is 50.4 Å². The minimum atomic E-state index is 1.27. The first-order chi connectivity index (χ1) is 5.65. The van der Waals surface area contributed by atoms with E-state index in [0.717, 1.165) is 0 Å². The second-order valence-electron chi connectivity index (χ2n) is 3.05. The summed E-state index contributed by atoms with van der Waals surface area (Å²) in [6.45, 7) is 2.14. The molecule has 0 atom stereocenters. The Morgan fingerprint density at radius 3 is 2.42 bits per heavy atom. The fourth-order valence-corrected chi connectivity index (χ4v) is 1.72. The summed E-state index contributed by atoms with van der Waals surface area (Å²) in [4.78, 5) is 3.49. The zero-order valence-corrected chi connectivity index (χ0v) is 8.90. The Labute approximate surface area is 78.8 Å². The summed E-state index contributed by atoms with van der Waals surface area (Å²) in [7, 11) is 4.13. The Kier molecular flexibility index (Phi) is 3.04. The molecular weight excluding hydrogens is 166 g/mol. The number of thioether (sulfide) groups is 1. The van der Waals surface area contributed by atoms with Gasteiger partial charge in [-0.2, -0.15) is 0 Å². The van der Waals surface area contributed by atoms with E-state index in [9.17, 15) is 0 Å². The van der Waals surface area contributed by atoms with Gasteiger partial charge in [-0.25, -0.2) is 0 Å². The van der Waals surface area contributed by atoms with Crippen LogP contribution in [-0.2, 0) is 0 Å². The highest BCUT2D eigenvalue weighted by molar-refractivity contribution is 7.98. The number of hydrogen-bond donors (Lipinski definition) is 0.